The summed E-state index contributed by atoms with van der Waals surface area (Å²) < 4.78 is 2.08. The molecule has 1 atom stereocenters. The van der Waals surface area contributed by atoms with Gasteiger partial charge in [0, 0.05) is 25.0 Å². The zero-order valence-corrected chi connectivity index (χ0v) is 21.5. The van der Waals surface area contributed by atoms with E-state index in [9.17, 15) is 4.79 Å². The molecule has 0 fully saturated rings. The molecule has 1 aromatic heterocycles. The Kier molecular flexibility index (Phi) is 6.89. The molecule has 5 rings (SSSR count). The molecule has 0 aliphatic carbocycles. The van der Waals surface area contributed by atoms with Gasteiger partial charge in [-0.05, 0) is 67.1 Å². The molecule has 0 spiro atoms. The molecule has 6 nitrogen and oxygen atoms in total. The summed E-state index contributed by atoms with van der Waals surface area (Å²) in [4.78, 5) is 20.3. The highest BCUT2D eigenvalue weighted by Gasteiger charge is 2.31. The van der Waals surface area contributed by atoms with Crippen LogP contribution in [-0.2, 0) is 30.8 Å². The van der Waals surface area contributed by atoms with Gasteiger partial charge in [0.1, 0.15) is 0 Å². The quantitative estimate of drug-likeness (QED) is 0.415. The predicted octanol–water partition coefficient (Wildman–Crippen LogP) is 4.98. The molecule has 1 aliphatic heterocycles. The molecule has 0 unspecified atom stereocenters. The van der Waals surface area contributed by atoms with Gasteiger partial charge in [0.15, 0.2) is 0 Å². The molecule has 0 saturated carbocycles. The zero-order chi connectivity index (χ0) is 25.9. The number of aryl methyl sites for hydroxylation is 3. The molecular weight excluding hydrogens is 458 g/mol. The van der Waals surface area contributed by atoms with E-state index in [1.54, 1.807) is 0 Å². The van der Waals surface area contributed by atoms with Gasteiger partial charge in [-0.25, -0.2) is 4.98 Å². The van der Waals surface area contributed by atoms with Crippen LogP contribution < -0.4 is 10.2 Å². The number of benzene rings is 3. The van der Waals surface area contributed by atoms with Crippen LogP contribution in [0.25, 0.3) is 0 Å². The Labute approximate surface area is 218 Å². The van der Waals surface area contributed by atoms with Gasteiger partial charge in [-0.3, -0.25) is 10.1 Å². The highest BCUT2D eigenvalue weighted by atomic mass is 16.2. The second kappa shape index (κ2) is 10.4. The van der Waals surface area contributed by atoms with Crippen LogP contribution in [0.3, 0.4) is 0 Å². The van der Waals surface area contributed by atoms with E-state index in [4.69, 9.17) is 5.26 Å². The molecular formula is C31H31N5O. The number of amides is 1. The normalized spacial score (nSPS) is 15.2. The standard InChI is InChI=1S/C31H31N5O/c1-21-12-22(2)30(23(3)13-21)36-19-27-7-5-4-6-26(27)14-29(31(36)37)34-17-28-16-33-20-35(28)18-25-10-8-24(15-32)9-11-25/h4-13,16,20,29,34H,14,17-19H2,1-3H3/t29-/m0/s1. The van der Waals surface area contributed by atoms with Crippen molar-refractivity contribution in [3.8, 4) is 6.07 Å². The zero-order valence-electron chi connectivity index (χ0n) is 21.5. The summed E-state index contributed by atoms with van der Waals surface area (Å²) in [7, 11) is 0. The Morgan fingerprint density at radius 1 is 1.03 bits per heavy atom. The highest BCUT2D eigenvalue weighted by molar-refractivity contribution is 5.99. The van der Waals surface area contributed by atoms with Gasteiger partial charge >= 0.3 is 0 Å². The predicted molar refractivity (Wildman–Crippen MR) is 145 cm³/mol. The topological polar surface area (TPSA) is 74.0 Å². The Morgan fingerprint density at radius 2 is 1.73 bits per heavy atom. The number of anilines is 1. The minimum absolute atomic E-state index is 0.0874. The summed E-state index contributed by atoms with van der Waals surface area (Å²) in [5, 5.41) is 12.6. The number of hydrogen-bond acceptors (Lipinski definition) is 4. The molecule has 0 radical (unpaired) electrons. The molecule has 0 saturated heterocycles. The minimum Gasteiger partial charge on any atom is -0.329 e. The highest BCUT2D eigenvalue weighted by Crippen LogP contribution is 2.31. The smallest absolute Gasteiger partial charge is 0.244 e. The van der Waals surface area contributed by atoms with Crippen molar-refractivity contribution in [3.63, 3.8) is 0 Å². The number of carbonyl (C=O) groups is 1. The van der Waals surface area contributed by atoms with Gasteiger partial charge in [0.2, 0.25) is 5.91 Å². The van der Waals surface area contributed by atoms with Crippen molar-refractivity contribution in [2.45, 2.75) is 52.9 Å². The molecule has 2 heterocycles. The van der Waals surface area contributed by atoms with E-state index in [0.29, 0.717) is 31.6 Å². The summed E-state index contributed by atoms with van der Waals surface area (Å²) in [5.74, 6) is 0.0874. The van der Waals surface area contributed by atoms with E-state index in [2.05, 4.69) is 66.0 Å². The van der Waals surface area contributed by atoms with Gasteiger partial charge < -0.3 is 9.47 Å². The van der Waals surface area contributed by atoms with E-state index in [1.807, 2.05) is 53.8 Å². The van der Waals surface area contributed by atoms with Crippen molar-refractivity contribution in [2.75, 3.05) is 4.90 Å². The number of imidazole rings is 1. The number of hydrogen-bond donors (Lipinski definition) is 1. The Morgan fingerprint density at radius 3 is 2.43 bits per heavy atom. The van der Waals surface area contributed by atoms with Crippen LogP contribution in [0.4, 0.5) is 5.69 Å². The molecule has 186 valence electrons. The first kappa shape index (κ1) is 24.5. The van der Waals surface area contributed by atoms with Crippen molar-refractivity contribution >= 4 is 11.6 Å². The van der Waals surface area contributed by atoms with E-state index in [-0.39, 0.29) is 11.9 Å². The maximum atomic E-state index is 14.0. The van der Waals surface area contributed by atoms with Gasteiger partial charge in [0.25, 0.3) is 0 Å². The first-order valence-electron chi connectivity index (χ1n) is 12.6. The second-order valence-corrected chi connectivity index (χ2v) is 9.90. The number of aromatic nitrogens is 2. The third kappa shape index (κ3) is 5.18. The molecule has 1 aliphatic rings. The Hall–Kier alpha value is -4.21. The lowest BCUT2D eigenvalue weighted by atomic mass is 10.0. The lowest BCUT2D eigenvalue weighted by molar-refractivity contribution is -0.120. The van der Waals surface area contributed by atoms with E-state index in [1.165, 1.54) is 16.7 Å². The first-order valence-corrected chi connectivity index (χ1v) is 12.6. The lowest BCUT2D eigenvalue weighted by Gasteiger charge is -2.28. The monoisotopic (exact) mass is 489 g/mol. The minimum atomic E-state index is -0.359. The summed E-state index contributed by atoms with van der Waals surface area (Å²) in [6, 6.07) is 22.0. The number of carbonyl (C=O) groups excluding carboxylic acids is 1. The van der Waals surface area contributed by atoms with Crippen LogP contribution >= 0.6 is 0 Å². The number of nitrogens with zero attached hydrogens (tertiary/aromatic N) is 4. The third-order valence-electron chi connectivity index (χ3n) is 7.10. The van der Waals surface area contributed by atoms with Gasteiger partial charge in [0.05, 0.1) is 36.2 Å². The summed E-state index contributed by atoms with van der Waals surface area (Å²) in [6.07, 6.45) is 4.29. The van der Waals surface area contributed by atoms with Crippen LogP contribution in [0.15, 0.2) is 73.2 Å². The maximum absolute atomic E-state index is 14.0. The van der Waals surface area contributed by atoms with E-state index >= 15 is 0 Å². The van der Waals surface area contributed by atoms with Crippen LogP contribution in [0.1, 0.15) is 44.6 Å². The van der Waals surface area contributed by atoms with Crippen LogP contribution in [0.5, 0.6) is 0 Å². The summed E-state index contributed by atoms with van der Waals surface area (Å²) >= 11 is 0. The molecule has 1 N–H and O–H groups in total. The largest absolute Gasteiger partial charge is 0.329 e. The average Bonchev–Trinajstić information content (AvgIpc) is 3.27. The van der Waals surface area contributed by atoms with Gasteiger partial charge in [-0.1, -0.05) is 54.1 Å². The fourth-order valence-electron chi connectivity index (χ4n) is 5.35. The van der Waals surface area contributed by atoms with E-state index < -0.39 is 0 Å². The van der Waals surface area contributed by atoms with Crippen molar-refractivity contribution in [1.29, 1.82) is 5.26 Å². The Balaban J connectivity index is 1.40. The average molecular weight is 490 g/mol. The van der Waals surface area contributed by atoms with Crippen LogP contribution in [-0.4, -0.2) is 21.5 Å². The molecule has 0 bridgehead atoms. The molecule has 6 heteroatoms. The van der Waals surface area contributed by atoms with Gasteiger partial charge in [-0.2, -0.15) is 5.26 Å². The molecule has 4 aromatic rings. The van der Waals surface area contributed by atoms with E-state index in [0.717, 1.165) is 28.1 Å². The lowest BCUT2D eigenvalue weighted by Crippen LogP contribution is -2.46. The maximum Gasteiger partial charge on any atom is 0.244 e. The van der Waals surface area contributed by atoms with Crippen LogP contribution in [0.2, 0.25) is 0 Å². The molecule has 37 heavy (non-hydrogen) atoms. The number of rotatable bonds is 6. The fraction of sp³-hybridized carbons (Fsp3) is 0.258. The molecule has 3 aromatic carbocycles. The number of nitriles is 1. The van der Waals surface area contributed by atoms with Crippen molar-refractivity contribution in [3.05, 3.63) is 118 Å². The van der Waals surface area contributed by atoms with Gasteiger partial charge in [-0.15, -0.1) is 0 Å². The van der Waals surface area contributed by atoms with Crippen molar-refractivity contribution in [2.24, 2.45) is 0 Å². The number of nitrogens with one attached hydrogen (secondary N) is 1. The molecule has 1 amide bonds. The van der Waals surface area contributed by atoms with Crippen molar-refractivity contribution in [1.82, 2.24) is 14.9 Å². The summed E-state index contributed by atoms with van der Waals surface area (Å²) in [5.41, 5.74) is 9.56. The fourth-order valence-corrected chi connectivity index (χ4v) is 5.35. The second-order valence-electron chi connectivity index (χ2n) is 9.90. The van der Waals surface area contributed by atoms with Crippen molar-refractivity contribution < 1.29 is 4.79 Å². The Bertz CT molecular complexity index is 1460. The summed E-state index contributed by atoms with van der Waals surface area (Å²) in [6.45, 7) is 8.00. The SMILES string of the molecule is Cc1cc(C)c(N2Cc3ccccc3C[C@H](NCc3cncn3Cc3ccc(C#N)cc3)C2=O)c(C)c1. The van der Waals surface area contributed by atoms with Crippen LogP contribution in [0, 0.1) is 32.1 Å². The first-order chi connectivity index (χ1) is 17.9. The third-order valence-corrected chi connectivity index (χ3v) is 7.10. The number of fused-ring (bicyclic) bond motifs is 1.